The minimum absolute atomic E-state index is 0.673. The Bertz CT molecular complexity index is 2970. The molecule has 0 atom stereocenters. The Balaban J connectivity index is 1.22. The third kappa shape index (κ3) is 6.29. The zero-order chi connectivity index (χ0) is 36.6. The summed E-state index contributed by atoms with van der Waals surface area (Å²) in [7, 11) is 0. The highest BCUT2D eigenvalue weighted by Gasteiger charge is 2.18. The van der Waals surface area contributed by atoms with Gasteiger partial charge in [-0.1, -0.05) is 140 Å². The van der Waals surface area contributed by atoms with Crippen LogP contribution in [0.1, 0.15) is 0 Å². The van der Waals surface area contributed by atoms with Crippen molar-refractivity contribution in [2.45, 2.75) is 0 Å². The number of rotatable bonds is 7. The number of thiophene rings is 1. The summed E-state index contributed by atoms with van der Waals surface area (Å²) in [5.74, 6) is 0.673. The van der Waals surface area contributed by atoms with Crippen LogP contribution < -0.4 is 0 Å². The van der Waals surface area contributed by atoms with Crippen LogP contribution in [0.5, 0.6) is 0 Å². The molecule has 3 nitrogen and oxygen atoms in total. The average molecular weight is 720 g/mol. The van der Waals surface area contributed by atoms with Crippen LogP contribution in [0.4, 0.5) is 0 Å². The Hall–Kier alpha value is -7.01. The van der Waals surface area contributed by atoms with Gasteiger partial charge in [0.15, 0.2) is 5.82 Å². The van der Waals surface area contributed by atoms with E-state index < -0.39 is 0 Å². The fourth-order valence-electron chi connectivity index (χ4n) is 7.51. The third-order valence-electron chi connectivity index (χ3n) is 10.2. The first kappa shape index (κ1) is 32.6. The van der Waals surface area contributed by atoms with Gasteiger partial charge in [-0.2, -0.15) is 0 Å². The minimum atomic E-state index is 0.673. The molecular weight excluding hydrogens is 687 g/mol. The largest absolute Gasteiger partial charge is 0.256 e. The highest BCUT2D eigenvalue weighted by molar-refractivity contribution is 7.25. The Morgan fingerprint density at radius 3 is 1.65 bits per heavy atom. The van der Waals surface area contributed by atoms with Gasteiger partial charge >= 0.3 is 0 Å². The molecule has 3 aromatic heterocycles. The van der Waals surface area contributed by atoms with Gasteiger partial charge in [-0.3, -0.25) is 4.98 Å². The molecule has 7 aromatic carbocycles. The molecule has 0 unspecified atom stereocenters. The van der Waals surface area contributed by atoms with Crippen LogP contribution in [0, 0.1) is 0 Å². The zero-order valence-electron chi connectivity index (χ0n) is 29.8. The van der Waals surface area contributed by atoms with Crippen molar-refractivity contribution in [3.8, 4) is 78.5 Å². The van der Waals surface area contributed by atoms with Gasteiger partial charge in [0.2, 0.25) is 0 Å². The molecule has 0 spiro atoms. The van der Waals surface area contributed by atoms with Crippen molar-refractivity contribution < 1.29 is 0 Å². The number of hydrogen-bond acceptors (Lipinski definition) is 4. The first-order valence-corrected chi connectivity index (χ1v) is 19.2. The van der Waals surface area contributed by atoms with Crippen molar-refractivity contribution in [1.82, 2.24) is 15.0 Å². The maximum atomic E-state index is 5.31. The summed E-state index contributed by atoms with van der Waals surface area (Å²) in [6, 6.07) is 68.6. The predicted molar refractivity (Wildman–Crippen MR) is 231 cm³/mol. The summed E-state index contributed by atoms with van der Waals surface area (Å²) in [6.07, 6.45) is 1.84. The van der Waals surface area contributed by atoms with Crippen LogP contribution in [-0.4, -0.2) is 15.0 Å². The van der Waals surface area contributed by atoms with Crippen LogP contribution in [0.2, 0.25) is 0 Å². The molecule has 0 aliphatic carbocycles. The lowest BCUT2D eigenvalue weighted by atomic mass is 9.90. The maximum Gasteiger partial charge on any atom is 0.160 e. The molecule has 0 aliphatic rings. The topological polar surface area (TPSA) is 38.7 Å². The van der Waals surface area contributed by atoms with E-state index in [4.69, 9.17) is 15.0 Å². The molecule has 10 rings (SSSR count). The molecule has 0 saturated heterocycles. The molecular formula is C51H33N3S. The Morgan fingerprint density at radius 1 is 0.309 bits per heavy atom. The van der Waals surface area contributed by atoms with Gasteiger partial charge in [0, 0.05) is 48.6 Å². The summed E-state index contributed by atoms with van der Waals surface area (Å²) in [4.78, 5) is 15.2. The monoisotopic (exact) mass is 719 g/mol. The van der Waals surface area contributed by atoms with E-state index in [1.54, 1.807) is 0 Å². The van der Waals surface area contributed by atoms with E-state index in [-0.39, 0.29) is 0 Å². The molecule has 0 N–H and O–H groups in total. The molecule has 0 bridgehead atoms. The second kappa shape index (κ2) is 14.1. The van der Waals surface area contributed by atoms with Gasteiger partial charge in [0.05, 0.1) is 17.1 Å². The van der Waals surface area contributed by atoms with E-state index in [9.17, 15) is 0 Å². The van der Waals surface area contributed by atoms with Crippen molar-refractivity contribution in [1.29, 1.82) is 0 Å². The van der Waals surface area contributed by atoms with E-state index in [2.05, 4.69) is 158 Å². The number of aromatic nitrogens is 3. The van der Waals surface area contributed by atoms with Gasteiger partial charge in [0.1, 0.15) is 0 Å². The Labute approximate surface area is 323 Å². The summed E-state index contributed by atoms with van der Waals surface area (Å²) in [5.41, 5.74) is 13.5. The first-order valence-electron chi connectivity index (χ1n) is 18.4. The SMILES string of the molecule is c1ccc(-c2nc(-c3cc(-c4ccc5sc6ccccc6c5c4)cc(-c4ccccc4-c4ccccc4)c3)cc(-c3ccccc3-c3ccccn3)n2)cc1. The van der Waals surface area contributed by atoms with Crippen LogP contribution in [0.3, 0.4) is 0 Å². The van der Waals surface area contributed by atoms with Crippen LogP contribution >= 0.6 is 11.3 Å². The van der Waals surface area contributed by atoms with Crippen LogP contribution in [0.15, 0.2) is 200 Å². The van der Waals surface area contributed by atoms with E-state index in [0.29, 0.717) is 5.82 Å². The quantitative estimate of drug-likeness (QED) is 0.165. The van der Waals surface area contributed by atoms with Gasteiger partial charge in [-0.25, -0.2) is 9.97 Å². The summed E-state index contributed by atoms with van der Waals surface area (Å²) >= 11 is 1.84. The number of fused-ring (bicyclic) bond motifs is 3. The van der Waals surface area contributed by atoms with Gasteiger partial charge in [-0.15, -0.1) is 11.3 Å². The first-order chi connectivity index (χ1) is 27.2. The number of hydrogen-bond donors (Lipinski definition) is 0. The van der Waals surface area contributed by atoms with Crippen molar-refractivity contribution in [2.75, 3.05) is 0 Å². The Kier molecular flexibility index (Phi) is 8.36. The van der Waals surface area contributed by atoms with Crippen LogP contribution in [0.25, 0.3) is 98.7 Å². The van der Waals surface area contributed by atoms with Gasteiger partial charge in [-0.05, 0) is 88.0 Å². The second-order valence-electron chi connectivity index (χ2n) is 13.6. The molecule has 0 radical (unpaired) electrons. The van der Waals surface area contributed by atoms with Crippen molar-refractivity contribution in [3.63, 3.8) is 0 Å². The normalized spacial score (nSPS) is 11.3. The van der Waals surface area contributed by atoms with Crippen LogP contribution in [-0.2, 0) is 0 Å². The lowest BCUT2D eigenvalue weighted by molar-refractivity contribution is 1.18. The van der Waals surface area contributed by atoms with Gasteiger partial charge in [0.25, 0.3) is 0 Å². The molecule has 55 heavy (non-hydrogen) atoms. The maximum absolute atomic E-state index is 5.31. The predicted octanol–water partition coefficient (Wildman–Crippen LogP) is 13.9. The minimum Gasteiger partial charge on any atom is -0.256 e. The molecule has 0 amide bonds. The van der Waals surface area contributed by atoms with Crippen molar-refractivity contribution >= 4 is 31.5 Å². The lowest BCUT2D eigenvalue weighted by Gasteiger charge is -2.16. The van der Waals surface area contributed by atoms with E-state index in [1.165, 1.54) is 31.3 Å². The third-order valence-corrected chi connectivity index (χ3v) is 11.3. The fourth-order valence-corrected chi connectivity index (χ4v) is 8.60. The second-order valence-corrected chi connectivity index (χ2v) is 14.7. The fraction of sp³-hybridized carbons (Fsp3) is 0. The molecule has 4 heteroatoms. The van der Waals surface area contributed by atoms with E-state index in [0.717, 1.165) is 61.6 Å². The molecule has 3 heterocycles. The average Bonchev–Trinajstić information content (AvgIpc) is 3.65. The summed E-state index contributed by atoms with van der Waals surface area (Å²) < 4.78 is 2.59. The number of benzene rings is 7. The van der Waals surface area contributed by atoms with Crippen molar-refractivity contribution in [3.05, 3.63) is 200 Å². The van der Waals surface area contributed by atoms with E-state index >= 15 is 0 Å². The smallest absolute Gasteiger partial charge is 0.160 e. The molecule has 0 aliphatic heterocycles. The highest BCUT2D eigenvalue weighted by Crippen LogP contribution is 2.41. The van der Waals surface area contributed by atoms with Gasteiger partial charge < -0.3 is 0 Å². The van der Waals surface area contributed by atoms with Crippen molar-refractivity contribution in [2.24, 2.45) is 0 Å². The number of pyridine rings is 1. The highest BCUT2D eigenvalue weighted by atomic mass is 32.1. The standard InChI is InChI=1S/C51H33N3S/c1-3-15-34(16-4-1)40-19-7-8-20-41(40)38-29-37(36-26-27-50-45(32-36)44-23-11-12-25-49(44)55-50)30-39(31-38)47-33-48(54-51(53-47)35-17-5-2-6-18-35)43-22-10-9-21-42(43)46-24-13-14-28-52-46/h1-33H. The molecule has 10 aromatic rings. The molecule has 258 valence electrons. The molecule has 0 fully saturated rings. The van der Waals surface area contributed by atoms with E-state index in [1.807, 2.05) is 53.9 Å². The molecule has 0 saturated carbocycles. The Morgan fingerprint density at radius 2 is 0.891 bits per heavy atom. The zero-order valence-corrected chi connectivity index (χ0v) is 30.6. The number of nitrogens with zero attached hydrogens (tertiary/aromatic N) is 3. The summed E-state index contributed by atoms with van der Waals surface area (Å²) in [5, 5.41) is 2.56. The summed E-state index contributed by atoms with van der Waals surface area (Å²) in [6.45, 7) is 0. The lowest BCUT2D eigenvalue weighted by Crippen LogP contribution is -1.98.